The van der Waals surface area contributed by atoms with Gasteiger partial charge in [0.1, 0.15) is 10.1 Å². The Morgan fingerprint density at radius 3 is 2.83 bits per heavy atom. The molecule has 0 spiro atoms. The van der Waals surface area contributed by atoms with Crippen molar-refractivity contribution in [1.82, 2.24) is 15.2 Å². The summed E-state index contributed by atoms with van der Waals surface area (Å²) in [6.07, 6.45) is 0. The van der Waals surface area contributed by atoms with Gasteiger partial charge in [0.2, 0.25) is 5.95 Å². The van der Waals surface area contributed by atoms with Gasteiger partial charge in [0.15, 0.2) is 5.82 Å². The van der Waals surface area contributed by atoms with Crippen LogP contribution < -0.4 is 10.1 Å². The predicted molar refractivity (Wildman–Crippen MR) is 90.7 cm³/mol. The molecule has 0 atom stereocenters. The van der Waals surface area contributed by atoms with Crippen LogP contribution >= 0.6 is 34.5 Å². The number of aromatic amines is 1. The molecule has 0 aliphatic rings. The highest BCUT2D eigenvalue weighted by Gasteiger charge is 2.17. The zero-order chi connectivity index (χ0) is 16.4. The SMILES string of the molecule is COc1ccccc1-c1nc(NC(=O)c2cc(Cl)sc2Cl)n[nH]1. The number of rotatable bonds is 4. The molecule has 0 saturated carbocycles. The van der Waals surface area contributed by atoms with Crippen molar-refractivity contribution in [2.75, 3.05) is 12.4 Å². The van der Waals surface area contributed by atoms with Gasteiger partial charge >= 0.3 is 0 Å². The van der Waals surface area contributed by atoms with Gasteiger partial charge in [-0.1, -0.05) is 35.3 Å². The van der Waals surface area contributed by atoms with Gasteiger partial charge in [0, 0.05) is 0 Å². The number of H-pyrrole nitrogens is 1. The van der Waals surface area contributed by atoms with Gasteiger partial charge in [0.05, 0.1) is 22.6 Å². The van der Waals surface area contributed by atoms with Crippen molar-refractivity contribution in [3.05, 3.63) is 44.6 Å². The normalized spacial score (nSPS) is 10.6. The molecule has 0 aliphatic carbocycles. The van der Waals surface area contributed by atoms with Gasteiger partial charge in [-0.25, -0.2) is 0 Å². The summed E-state index contributed by atoms with van der Waals surface area (Å²) in [7, 11) is 1.57. The molecule has 23 heavy (non-hydrogen) atoms. The Hall–Kier alpha value is -2.09. The van der Waals surface area contributed by atoms with Crippen LogP contribution in [0.3, 0.4) is 0 Å². The van der Waals surface area contributed by atoms with Gasteiger partial charge in [-0.15, -0.1) is 16.4 Å². The predicted octanol–water partition coefficient (Wildman–Crippen LogP) is 4.10. The lowest BCUT2D eigenvalue weighted by atomic mass is 10.2. The number of ether oxygens (including phenoxy) is 1. The van der Waals surface area contributed by atoms with E-state index in [9.17, 15) is 4.79 Å². The average Bonchev–Trinajstić information content (AvgIpc) is 3.13. The van der Waals surface area contributed by atoms with E-state index in [0.717, 1.165) is 16.9 Å². The van der Waals surface area contributed by atoms with Crippen molar-refractivity contribution in [3.63, 3.8) is 0 Å². The number of hydrogen-bond donors (Lipinski definition) is 2. The molecule has 2 aromatic heterocycles. The van der Waals surface area contributed by atoms with Crippen LogP contribution in [0.2, 0.25) is 8.67 Å². The molecule has 9 heteroatoms. The summed E-state index contributed by atoms with van der Waals surface area (Å²) in [6.45, 7) is 0. The summed E-state index contributed by atoms with van der Waals surface area (Å²) >= 11 is 12.9. The van der Waals surface area contributed by atoms with Crippen LogP contribution in [-0.4, -0.2) is 28.2 Å². The van der Waals surface area contributed by atoms with E-state index < -0.39 is 5.91 Å². The molecular weight excluding hydrogens is 359 g/mol. The Morgan fingerprint density at radius 1 is 1.35 bits per heavy atom. The quantitative estimate of drug-likeness (QED) is 0.726. The summed E-state index contributed by atoms with van der Waals surface area (Å²) in [5.74, 6) is 0.833. The number of hydrogen-bond acceptors (Lipinski definition) is 5. The van der Waals surface area contributed by atoms with E-state index in [1.807, 2.05) is 24.3 Å². The van der Waals surface area contributed by atoms with Crippen molar-refractivity contribution in [2.45, 2.75) is 0 Å². The minimum atomic E-state index is -0.427. The molecule has 0 fully saturated rings. The molecule has 3 rings (SSSR count). The van der Waals surface area contributed by atoms with E-state index >= 15 is 0 Å². The summed E-state index contributed by atoms with van der Waals surface area (Å²) in [6, 6.07) is 8.84. The zero-order valence-electron chi connectivity index (χ0n) is 11.8. The lowest BCUT2D eigenvalue weighted by Crippen LogP contribution is -2.12. The highest BCUT2D eigenvalue weighted by atomic mass is 35.5. The maximum atomic E-state index is 12.2. The highest BCUT2D eigenvalue weighted by molar-refractivity contribution is 7.20. The maximum Gasteiger partial charge on any atom is 0.260 e. The summed E-state index contributed by atoms with van der Waals surface area (Å²) in [4.78, 5) is 16.4. The average molecular weight is 369 g/mol. The molecule has 2 N–H and O–H groups in total. The Bertz CT molecular complexity index is 862. The van der Waals surface area contributed by atoms with Gasteiger partial charge in [-0.3, -0.25) is 15.2 Å². The lowest BCUT2D eigenvalue weighted by molar-refractivity contribution is 0.102. The van der Waals surface area contributed by atoms with E-state index in [2.05, 4.69) is 20.5 Å². The Kier molecular flexibility index (Phi) is 4.51. The summed E-state index contributed by atoms with van der Waals surface area (Å²) < 4.78 is 6.02. The minimum absolute atomic E-state index is 0.134. The number of para-hydroxylation sites is 1. The molecule has 6 nitrogen and oxygen atoms in total. The Labute approximate surface area is 145 Å². The van der Waals surface area contributed by atoms with Crippen LogP contribution in [0.25, 0.3) is 11.4 Å². The molecule has 0 bridgehead atoms. The standard InChI is InChI=1S/C14H10Cl2N4O2S/c1-22-9-5-3-2-4-7(9)12-17-14(20-19-12)18-13(21)8-6-10(15)23-11(8)16/h2-6H,1H3,(H2,17,18,19,20,21). The van der Waals surface area contributed by atoms with Gasteiger partial charge in [0.25, 0.3) is 5.91 Å². The molecule has 0 unspecified atom stereocenters. The molecule has 0 aliphatic heterocycles. The van der Waals surface area contributed by atoms with E-state index in [4.69, 9.17) is 27.9 Å². The van der Waals surface area contributed by atoms with Gasteiger partial charge in [-0.05, 0) is 18.2 Å². The number of nitrogens with zero attached hydrogens (tertiary/aromatic N) is 2. The van der Waals surface area contributed by atoms with Crippen LogP contribution in [0.15, 0.2) is 30.3 Å². The first-order valence-electron chi connectivity index (χ1n) is 6.40. The second-order valence-corrected chi connectivity index (χ2v) is 6.69. The number of carbonyl (C=O) groups is 1. The van der Waals surface area contributed by atoms with Gasteiger partial charge < -0.3 is 4.74 Å². The van der Waals surface area contributed by atoms with E-state index in [-0.39, 0.29) is 11.5 Å². The second kappa shape index (κ2) is 6.57. The number of methoxy groups -OCH3 is 1. The Balaban J connectivity index is 1.82. The maximum absolute atomic E-state index is 12.2. The van der Waals surface area contributed by atoms with Crippen molar-refractivity contribution in [2.24, 2.45) is 0 Å². The highest BCUT2D eigenvalue weighted by Crippen LogP contribution is 2.31. The summed E-state index contributed by atoms with van der Waals surface area (Å²) in [5, 5.41) is 9.31. The van der Waals surface area contributed by atoms with Crippen LogP contribution in [0.5, 0.6) is 5.75 Å². The molecular formula is C14H10Cl2N4O2S. The fourth-order valence-electron chi connectivity index (χ4n) is 1.94. The number of benzene rings is 1. The van der Waals surface area contributed by atoms with E-state index in [1.165, 1.54) is 6.07 Å². The molecule has 2 heterocycles. The number of thiophene rings is 1. The largest absolute Gasteiger partial charge is 0.496 e. The number of anilines is 1. The third-order valence-electron chi connectivity index (χ3n) is 2.97. The number of aromatic nitrogens is 3. The fourth-order valence-corrected chi connectivity index (χ4v) is 3.40. The van der Waals surface area contributed by atoms with Crippen molar-refractivity contribution in [3.8, 4) is 17.1 Å². The summed E-state index contributed by atoms with van der Waals surface area (Å²) in [5.41, 5.74) is 1.02. The molecule has 3 aromatic rings. The number of nitrogens with one attached hydrogen (secondary N) is 2. The molecule has 1 aromatic carbocycles. The zero-order valence-corrected chi connectivity index (χ0v) is 14.1. The first-order chi connectivity index (χ1) is 11.1. The minimum Gasteiger partial charge on any atom is -0.496 e. The Morgan fingerprint density at radius 2 is 2.13 bits per heavy atom. The first kappa shape index (κ1) is 15.8. The van der Waals surface area contributed by atoms with Crippen LogP contribution in [-0.2, 0) is 0 Å². The fraction of sp³-hybridized carbons (Fsp3) is 0.0714. The monoisotopic (exact) mass is 368 g/mol. The topological polar surface area (TPSA) is 79.9 Å². The molecule has 0 radical (unpaired) electrons. The molecule has 0 saturated heterocycles. The lowest BCUT2D eigenvalue weighted by Gasteiger charge is -2.04. The second-order valence-electron chi connectivity index (χ2n) is 4.40. The molecule has 1 amide bonds. The first-order valence-corrected chi connectivity index (χ1v) is 7.97. The third kappa shape index (κ3) is 3.31. The van der Waals surface area contributed by atoms with Crippen molar-refractivity contribution in [1.29, 1.82) is 0 Å². The number of amides is 1. The van der Waals surface area contributed by atoms with Crippen LogP contribution in [0, 0.1) is 0 Å². The van der Waals surface area contributed by atoms with Crippen molar-refractivity contribution < 1.29 is 9.53 Å². The molecule has 118 valence electrons. The smallest absolute Gasteiger partial charge is 0.260 e. The van der Waals surface area contributed by atoms with Gasteiger partial charge in [-0.2, -0.15) is 4.98 Å². The van der Waals surface area contributed by atoms with Crippen molar-refractivity contribution >= 4 is 46.4 Å². The number of carbonyl (C=O) groups excluding carboxylic acids is 1. The number of halogens is 2. The van der Waals surface area contributed by atoms with Crippen LogP contribution in [0.1, 0.15) is 10.4 Å². The van der Waals surface area contributed by atoms with Crippen LogP contribution in [0.4, 0.5) is 5.95 Å². The van der Waals surface area contributed by atoms with E-state index in [1.54, 1.807) is 7.11 Å². The van der Waals surface area contributed by atoms with E-state index in [0.29, 0.717) is 20.2 Å². The third-order valence-corrected chi connectivity index (χ3v) is 4.46.